The lowest BCUT2D eigenvalue weighted by atomic mass is 10.4. The third kappa shape index (κ3) is 3.40. The van der Waals surface area contributed by atoms with Crippen LogP contribution in [0.5, 0.6) is 0 Å². The van der Waals surface area contributed by atoms with Crippen LogP contribution in [0, 0.1) is 0 Å². The number of ether oxygens (including phenoxy) is 2. The van der Waals surface area contributed by atoms with Gasteiger partial charge in [-0.3, -0.25) is 0 Å². The predicted molar refractivity (Wildman–Crippen MR) is 75.4 cm³/mol. The first-order chi connectivity index (χ1) is 10.1. The van der Waals surface area contributed by atoms with Crippen LogP contribution in [0.25, 0.3) is 0 Å². The number of nitrogens with zero attached hydrogens (tertiary/aromatic N) is 3. The zero-order chi connectivity index (χ0) is 15.4. The summed E-state index contributed by atoms with van der Waals surface area (Å²) in [5, 5.41) is 0. The quantitative estimate of drug-likeness (QED) is 0.460. The summed E-state index contributed by atoms with van der Waals surface area (Å²) in [6.07, 6.45) is 1.93. The molecule has 8 nitrogen and oxygen atoms in total. The molecule has 0 radical (unpaired) electrons. The number of rotatable bonds is 8. The van der Waals surface area contributed by atoms with Gasteiger partial charge in [-0.05, 0) is 13.3 Å². The second-order valence-corrected chi connectivity index (χ2v) is 4.69. The Morgan fingerprint density at radius 3 is 2.43 bits per heavy atom. The van der Waals surface area contributed by atoms with Crippen molar-refractivity contribution in [2.45, 2.75) is 39.3 Å². The number of epoxide rings is 1. The Morgan fingerprint density at radius 2 is 1.86 bits per heavy atom. The number of hydrogen-bond donors (Lipinski definition) is 0. The lowest BCUT2D eigenvalue weighted by molar-refractivity contribution is 0.0775. The lowest BCUT2D eigenvalue weighted by Crippen LogP contribution is -2.55. The average molecular weight is 297 g/mol. The number of hydrogen-bond acceptors (Lipinski definition) is 5. The first-order valence-electron chi connectivity index (χ1n) is 6.84. The lowest BCUT2D eigenvalue weighted by Gasteiger charge is -2.12. The van der Waals surface area contributed by atoms with Crippen molar-refractivity contribution >= 4 is 0 Å². The molecule has 1 aromatic heterocycles. The van der Waals surface area contributed by atoms with E-state index in [0.717, 1.165) is 13.7 Å². The van der Waals surface area contributed by atoms with Crippen LogP contribution in [-0.4, -0.2) is 33.0 Å². The average Bonchev–Trinajstić information content (AvgIpc) is 3.27. The topological polar surface area (TPSA) is 87.8 Å². The zero-order valence-electron chi connectivity index (χ0n) is 12.0. The molecule has 2 rings (SSSR count). The van der Waals surface area contributed by atoms with Gasteiger partial charge in [0.2, 0.25) is 0 Å². The largest absolute Gasteiger partial charge is 0.371 e. The molecule has 0 aliphatic carbocycles. The fraction of sp³-hybridized carbons (Fsp3) is 0.615. The summed E-state index contributed by atoms with van der Waals surface area (Å²) in [5.41, 5.74) is -1.94. The molecular formula is C13H19N3O5. The molecule has 0 spiro atoms. The van der Waals surface area contributed by atoms with E-state index in [-0.39, 0.29) is 25.9 Å². The van der Waals surface area contributed by atoms with E-state index < -0.39 is 17.1 Å². The van der Waals surface area contributed by atoms with Crippen LogP contribution in [0.1, 0.15) is 13.3 Å². The fourth-order valence-electron chi connectivity index (χ4n) is 1.92. The SMILES string of the molecule is C=CCCn1c(=O)n(COCC)c(=O)n(CC2CO2)c1=O. The molecular weight excluding hydrogens is 278 g/mol. The molecule has 1 atom stereocenters. The van der Waals surface area contributed by atoms with Crippen LogP contribution in [0.4, 0.5) is 0 Å². The van der Waals surface area contributed by atoms with Crippen molar-refractivity contribution < 1.29 is 9.47 Å². The standard InChI is InChI=1S/C13H19N3O5/c1-3-5-6-14-11(17)15(7-10-8-21-10)13(19)16(12(14)18)9-20-4-2/h3,10H,1,4-9H2,2H3. The molecule has 0 aromatic carbocycles. The highest BCUT2D eigenvalue weighted by Crippen LogP contribution is 2.08. The molecule has 1 fully saturated rings. The summed E-state index contributed by atoms with van der Waals surface area (Å²) < 4.78 is 13.2. The monoisotopic (exact) mass is 297 g/mol. The maximum atomic E-state index is 12.3. The van der Waals surface area contributed by atoms with Crippen molar-refractivity contribution in [3.8, 4) is 0 Å². The molecule has 0 N–H and O–H groups in total. The van der Waals surface area contributed by atoms with Crippen LogP contribution >= 0.6 is 0 Å². The summed E-state index contributed by atoms with van der Waals surface area (Å²) in [4.78, 5) is 36.8. The van der Waals surface area contributed by atoms with E-state index in [1.165, 1.54) is 0 Å². The maximum Gasteiger partial charge on any atom is 0.338 e. The number of allylic oxidation sites excluding steroid dienone is 1. The van der Waals surface area contributed by atoms with Gasteiger partial charge in [-0.1, -0.05) is 6.08 Å². The first-order valence-corrected chi connectivity index (χ1v) is 6.84. The molecule has 0 bridgehead atoms. The van der Waals surface area contributed by atoms with E-state index in [0.29, 0.717) is 19.6 Å². The van der Waals surface area contributed by atoms with Crippen LogP contribution < -0.4 is 17.1 Å². The van der Waals surface area contributed by atoms with E-state index in [4.69, 9.17) is 9.47 Å². The van der Waals surface area contributed by atoms with Crippen LogP contribution in [-0.2, 0) is 29.3 Å². The molecule has 1 unspecified atom stereocenters. The third-order valence-corrected chi connectivity index (χ3v) is 3.16. The first kappa shape index (κ1) is 15.5. The molecule has 1 aromatic rings. The number of aromatic nitrogens is 3. The molecule has 8 heteroatoms. The Labute approximate surface area is 120 Å². The van der Waals surface area contributed by atoms with Crippen molar-refractivity contribution in [2.75, 3.05) is 13.2 Å². The molecule has 0 amide bonds. The van der Waals surface area contributed by atoms with Crippen molar-refractivity contribution in [2.24, 2.45) is 0 Å². The molecule has 1 saturated heterocycles. The van der Waals surface area contributed by atoms with Gasteiger partial charge in [-0.25, -0.2) is 28.1 Å². The van der Waals surface area contributed by atoms with Gasteiger partial charge >= 0.3 is 17.1 Å². The van der Waals surface area contributed by atoms with Gasteiger partial charge < -0.3 is 9.47 Å². The maximum absolute atomic E-state index is 12.3. The highest BCUT2D eigenvalue weighted by Gasteiger charge is 2.26. The second kappa shape index (κ2) is 6.68. The minimum Gasteiger partial charge on any atom is -0.371 e. The smallest absolute Gasteiger partial charge is 0.338 e. The Hall–Kier alpha value is -1.93. The fourth-order valence-corrected chi connectivity index (χ4v) is 1.92. The van der Waals surface area contributed by atoms with Gasteiger partial charge in [0.15, 0.2) is 0 Å². The van der Waals surface area contributed by atoms with Crippen molar-refractivity contribution in [3.63, 3.8) is 0 Å². The van der Waals surface area contributed by atoms with E-state index in [1.54, 1.807) is 13.0 Å². The minimum absolute atomic E-state index is 0.138. The molecule has 1 aliphatic heterocycles. The van der Waals surface area contributed by atoms with Gasteiger partial charge in [0, 0.05) is 13.2 Å². The Balaban J connectivity index is 2.52. The van der Waals surface area contributed by atoms with Crippen LogP contribution in [0.15, 0.2) is 27.0 Å². The summed E-state index contributed by atoms with van der Waals surface area (Å²) in [6, 6.07) is 0. The third-order valence-electron chi connectivity index (χ3n) is 3.16. The van der Waals surface area contributed by atoms with E-state index in [9.17, 15) is 14.4 Å². The van der Waals surface area contributed by atoms with Gasteiger partial charge in [0.1, 0.15) is 6.73 Å². The predicted octanol–water partition coefficient (Wildman–Crippen LogP) is -0.859. The Morgan fingerprint density at radius 1 is 1.24 bits per heavy atom. The van der Waals surface area contributed by atoms with Crippen molar-refractivity contribution in [1.82, 2.24) is 13.7 Å². The molecule has 1 aliphatic rings. The second-order valence-electron chi connectivity index (χ2n) is 4.69. The Bertz CT molecular complexity index is 681. The zero-order valence-corrected chi connectivity index (χ0v) is 12.0. The van der Waals surface area contributed by atoms with Crippen LogP contribution in [0.2, 0.25) is 0 Å². The highest BCUT2D eigenvalue weighted by atomic mass is 16.6. The summed E-state index contributed by atoms with van der Waals surface area (Å²) in [6.45, 7) is 6.37. The van der Waals surface area contributed by atoms with Gasteiger partial charge in [-0.15, -0.1) is 6.58 Å². The van der Waals surface area contributed by atoms with E-state index >= 15 is 0 Å². The van der Waals surface area contributed by atoms with E-state index in [2.05, 4.69) is 6.58 Å². The molecule has 0 saturated carbocycles. The minimum atomic E-state index is -0.663. The summed E-state index contributed by atoms with van der Waals surface area (Å²) in [7, 11) is 0. The normalized spacial score (nSPS) is 16.9. The molecule has 2 heterocycles. The van der Waals surface area contributed by atoms with Gasteiger partial charge in [-0.2, -0.15) is 0 Å². The van der Waals surface area contributed by atoms with E-state index in [1.807, 2.05) is 0 Å². The molecule has 116 valence electrons. The van der Waals surface area contributed by atoms with Crippen LogP contribution in [0.3, 0.4) is 0 Å². The van der Waals surface area contributed by atoms with Crippen molar-refractivity contribution in [1.29, 1.82) is 0 Å². The highest BCUT2D eigenvalue weighted by molar-refractivity contribution is 4.82. The Kier molecular flexibility index (Phi) is 4.92. The summed E-state index contributed by atoms with van der Waals surface area (Å²) in [5.74, 6) is 0. The van der Waals surface area contributed by atoms with Crippen molar-refractivity contribution in [3.05, 3.63) is 44.1 Å². The summed E-state index contributed by atoms with van der Waals surface area (Å²) >= 11 is 0. The van der Waals surface area contributed by atoms with Gasteiger partial charge in [0.25, 0.3) is 0 Å². The van der Waals surface area contributed by atoms with Gasteiger partial charge in [0.05, 0.1) is 19.3 Å². The molecule has 21 heavy (non-hydrogen) atoms.